The topological polar surface area (TPSA) is 179 Å². The van der Waals surface area contributed by atoms with E-state index in [0.29, 0.717) is 23.0 Å². The van der Waals surface area contributed by atoms with E-state index in [4.69, 9.17) is 9.90 Å². The highest BCUT2D eigenvalue weighted by molar-refractivity contribution is 7.89. The molecule has 0 amide bonds. The van der Waals surface area contributed by atoms with E-state index in [-0.39, 0.29) is 16.3 Å². The van der Waals surface area contributed by atoms with Gasteiger partial charge in [-0.3, -0.25) is 0 Å². The molecular weight excluding hydrogens is 553 g/mol. The molecule has 3 rings (SSSR count). The molecule has 0 radical (unpaired) electrons. The van der Waals surface area contributed by atoms with Crippen LogP contribution >= 0.6 is 0 Å². The summed E-state index contributed by atoms with van der Waals surface area (Å²) < 4.78 is 84.8. The number of halogens is 3. The lowest BCUT2D eigenvalue weighted by Gasteiger charge is -2.11. The lowest BCUT2D eigenvalue weighted by Crippen LogP contribution is -2.23. The van der Waals surface area contributed by atoms with Gasteiger partial charge < -0.3 is 15.7 Å². The summed E-state index contributed by atoms with van der Waals surface area (Å²) in [6, 6.07) is 14.2. The van der Waals surface area contributed by atoms with Gasteiger partial charge in [-0.1, -0.05) is 19.1 Å². The molecule has 3 aromatic rings. The molecule has 17 heteroatoms. The Morgan fingerprint density at radius 3 is 1.71 bits per heavy atom. The van der Waals surface area contributed by atoms with Gasteiger partial charge in [0.05, 0.1) is 9.79 Å². The molecule has 1 heterocycles. The fourth-order valence-electron chi connectivity index (χ4n) is 2.66. The van der Waals surface area contributed by atoms with Gasteiger partial charge >= 0.3 is 12.1 Å². The van der Waals surface area contributed by atoms with Crippen LogP contribution in [0.25, 0.3) is 0 Å². The van der Waals surface area contributed by atoms with E-state index in [1.807, 2.05) is 0 Å². The fraction of sp³-hybridized carbons (Fsp3) is 0.190. The van der Waals surface area contributed by atoms with Crippen molar-refractivity contribution in [3.63, 3.8) is 0 Å². The Morgan fingerprint density at radius 1 is 0.868 bits per heavy atom. The average Bonchev–Trinajstić information content (AvgIpc) is 2.84. The predicted octanol–water partition coefficient (Wildman–Crippen LogP) is 2.80. The smallest absolute Gasteiger partial charge is 0.475 e. The molecule has 5 N–H and O–H groups in total. The second-order valence-electron chi connectivity index (χ2n) is 7.11. The number of carbonyl (C=O) groups is 1. The summed E-state index contributed by atoms with van der Waals surface area (Å²) in [6.45, 7) is 2.00. The van der Waals surface area contributed by atoms with Crippen molar-refractivity contribution in [1.29, 1.82) is 0 Å². The van der Waals surface area contributed by atoms with E-state index in [0.717, 1.165) is 0 Å². The van der Waals surface area contributed by atoms with Crippen LogP contribution in [0.15, 0.2) is 70.7 Å². The molecule has 0 saturated carbocycles. The van der Waals surface area contributed by atoms with Crippen LogP contribution in [0.1, 0.15) is 6.92 Å². The molecule has 0 saturated heterocycles. The molecule has 0 aliphatic heterocycles. The van der Waals surface area contributed by atoms with Crippen LogP contribution < -0.4 is 20.1 Å². The molecule has 1 aromatic heterocycles. The SMILES string of the molecule is CCNS(=O)(=O)c1cccc(Nc2cc(Nc3cccc(S(=O)(=O)NC)c3)ncn2)c1.O=C(O)C(F)(F)F. The van der Waals surface area contributed by atoms with Crippen LogP contribution in [0.2, 0.25) is 0 Å². The van der Waals surface area contributed by atoms with Crippen LogP contribution in [0.4, 0.5) is 36.2 Å². The molecule has 0 fully saturated rings. The van der Waals surface area contributed by atoms with Crippen LogP contribution in [0.3, 0.4) is 0 Å². The van der Waals surface area contributed by atoms with Gasteiger partial charge in [0.2, 0.25) is 20.0 Å². The van der Waals surface area contributed by atoms with Crippen LogP contribution in [0, 0.1) is 0 Å². The Balaban J connectivity index is 0.000000638. The maximum Gasteiger partial charge on any atom is 0.490 e. The van der Waals surface area contributed by atoms with Crippen molar-refractivity contribution in [2.45, 2.75) is 22.9 Å². The quantitative estimate of drug-likeness (QED) is 0.254. The van der Waals surface area contributed by atoms with Gasteiger partial charge in [0.25, 0.3) is 0 Å². The summed E-state index contributed by atoms with van der Waals surface area (Å²) in [5.74, 6) is -1.91. The zero-order valence-electron chi connectivity index (χ0n) is 19.8. The van der Waals surface area contributed by atoms with E-state index in [1.165, 1.54) is 37.6 Å². The number of sulfonamides is 2. The summed E-state index contributed by atoms with van der Waals surface area (Å²) >= 11 is 0. The fourth-order valence-corrected chi connectivity index (χ4v) is 4.53. The molecule has 38 heavy (non-hydrogen) atoms. The first-order chi connectivity index (χ1) is 17.7. The normalized spacial score (nSPS) is 11.7. The highest BCUT2D eigenvalue weighted by Gasteiger charge is 2.38. The van der Waals surface area contributed by atoms with E-state index >= 15 is 0 Å². The number of carboxylic acid groups (broad SMARTS) is 1. The van der Waals surface area contributed by atoms with Gasteiger partial charge in [0.15, 0.2) is 0 Å². The number of rotatable bonds is 9. The number of aliphatic carboxylic acids is 1. The van der Waals surface area contributed by atoms with Crippen LogP contribution in [-0.4, -0.2) is 57.6 Å². The minimum Gasteiger partial charge on any atom is -0.475 e. The summed E-state index contributed by atoms with van der Waals surface area (Å²) in [5, 5.41) is 13.2. The number of anilines is 4. The molecule has 0 bridgehead atoms. The maximum atomic E-state index is 12.2. The van der Waals surface area contributed by atoms with Crippen molar-refractivity contribution in [2.24, 2.45) is 0 Å². The highest BCUT2D eigenvalue weighted by Crippen LogP contribution is 2.23. The second-order valence-corrected chi connectivity index (χ2v) is 10.8. The molecule has 0 aliphatic carbocycles. The number of aromatic nitrogens is 2. The third-order valence-corrected chi connectivity index (χ3v) is 7.30. The maximum absolute atomic E-state index is 12.2. The zero-order valence-corrected chi connectivity index (χ0v) is 21.4. The van der Waals surface area contributed by atoms with E-state index in [2.05, 4.69) is 30.0 Å². The first-order valence-corrected chi connectivity index (χ1v) is 13.4. The highest BCUT2D eigenvalue weighted by atomic mass is 32.2. The number of carboxylic acids is 1. The molecule has 0 spiro atoms. The summed E-state index contributed by atoms with van der Waals surface area (Å²) in [5.41, 5.74) is 1.06. The van der Waals surface area contributed by atoms with Gasteiger partial charge in [0.1, 0.15) is 18.0 Å². The standard InChI is InChI=1S/C19H22N6O4S2.C2HF3O2/c1-3-23-31(28,29)17-9-5-7-15(11-17)25-19-12-18(21-13-22-19)24-14-6-4-8-16(10-14)30(26,27)20-2;3-2(4,5)1(6)7/h4-13,20,23H,3H2,1-2H3,(H2,21,22,24,25);(H,6,7). The van der Waals surface area contributed by atoms with Crippen LogP contribution in [-0.2, 0) is 24.8 Å². The number of hydrogen-bond donors (Lipinski definition) is 5. The zero-order chi connectivity index (χ0) is 28.6. The van der Waals surface area contributed by atoms with Gasteiger partial charge in [0, 0.05) is 24.0 Å². The van der Waals surface area contributed by atoms with E-state index < -0.39 is 32.2 Å². The minimum absolute atomic E-state index is 0.117. The van der Waals surface area contributed by atoms with Crippen molar-refractivity contribution in [3.8, 4) is 0 Å². The average molecular weight is 577 g/mol. The lowest BCUT2D eigenvalue weighted by molar-refractivity contribution is -0.192. The summed E-state index contributed by atoms with van der Waals surface area (Å²) in [4.78, 5) is 17.4. The van der Waals surface area contributed by atoms with Crippen molar-refractivity contribution in [1.82, 2.24) is 19.4 Å². The van der Waals surface area contributed by atoms with E-state index in [1.54, 1.807) is 37.3 Å². The van der Waals surface area contributed by atoms with Crippen molar-refractivity contribution in [3.05, 3.63) is 60.9 Å². The Hall–Kier alpha value is -3.80. The number of nitrogens with one attached hydrogen (secondary N) is 4. The number of benzene rings is 2. The van der Waals surface area contributed by atoms with Crippen LogP contribution in [0.5, 0.6) is 0 Å². The summed E-state index contributed by atoms with van der Waals surface area (Å²) in [6.07, 6.45) is -3.75. The Morgan fingerprint density at radius 2 is 1.32 bits per heavy atom. The molecule has 0 aliphatic rings. The monoisotopic (exact) mass is 576 g/mol. The number of nitrogens with zero attached hydrogens (tertiary/aromatic N) is 2. The third-order valence-electron chi connectivity index (χ3n) is 4.35. The number of alkyl halides is 3. The first-order valence-electron chi connectivity index (χ1n) is 10.5. The van der Waals surface area contributed by atoms with Gasteiger partial charge in [-0.15, -0.1) is 0 Å². The molecule has 12 nitrogen and oxygen atoms in total. The molecule has 2 aromatic carbocycles. The molecular formula is C21H23F3N6O6S2. The largest absolute Gasteiger partial charge is 0.490 e. The Kier molecular flexibility index (Phi) is 10.1. The third kappa shape index (κ3) is 8.94. The van der Waals surface area contributed by atoms with Gasteiger partial charge in [-0.2, -0.15) is 13.2 Å². The van der Waals surface area contributed by atoms with E-state index in [9.17, 15) is 30.0 Å². The summed E-state index contributed by atoms with van der Waals surface area (Å²) in [7, 11) is -5.81. The molecule has 206 valence electrons. The minimum atomic E-state index is -5.08. The van der Waals surface area contributed by atoms with Crippen molar-refractivity contribution in [2.75, 3.05) is 24.2 Å². The van der Waals surface area contributed by atoms with Crippen molar-refractivity contribution < 1.29 is 39.9 Å². The number of hydrogen-bond acceptors (Lipinski definition) is 9. The second kappa shape index (κ2) is 12.6. The first kappa shape index (κ1) is 30.4. The lowest BCUT2D eigenvalue weighted by atomic mass is 10.3. The van der Waals surface area contributed by atoms with Gasteiger partial charge in [-0.25, -0.2) is 41.0 Å². The Bertz CT molecular complexity index is 1480. The Labute approximate surface area is 216 Å². The molecule has 0 atom stereocenters. The van der Waals surface area contributed by atoms with Gasteiger partial charge in [-0.05, 0) is 43.4 Å². The van der Waals surface area contributed by atoms with Crippen molar-refractivity contribution >= 4 is 49.0 Å². The predicted molar refractivity (Wildman–Crippen MR) is 132 cm³/mol. The molecule has 0 unspecified atom stereocenters.